The molecule has 0 radical (unpaired) electrons. The van der Waals surface area contributed by atoms with E-state index in [-0.39, 0.29) is 12.4 Å². The van der Waals surface area contributed by atoms with Crippen molar-refractivity contribution in [1.29, 1.82) is 0 Å². The first kappa shape index (κ1) is 19.6. The van der Waals surface area contributed by atoms with Crippen molar-refractivity contribution in [3.8, 4) is 11.1 Å². The van der Waals surface area contributed by atoms with Crippen LogP contribution in [0.5, 0.6) is 0 Å². The highest BCUT2D eigenvalue weighted by atomic mass is 16.5. The molecule has 29 heavy (non-hydrogen) atoms. The van der Waals surface area contributed by atoms with Gasteiger partial charge in [-0.05, 0) is 35.4 Å². The van der Waals surface area contributed by atoms with E-state index in [1.165, 1.54) is 0 Å². The molecule has 2 aromatic carbocycles. The van der Waals surface area contributed by atoms with Crippen molar-refractivity contribution >= 4 is 5.78 Å². The quantitative estimate of drug-likeness (QED) is 0.477. The fraction of sp³-hybridized carbons (Fsp3) is 0.333. The highest BCUT2D eigenvalue weighted by molar-refractivity contribution is 5.94. The van der Waals surface area contributed by atoms with Gasteiger partial charge in [0.15, 0.2) is 11.5 Å². The number of carbonyl (C=O) groups is 1. The normalized spacial score (nSPS) is 16.2. The van der Waals surface area contributed by atoms with Crippen molar-refractivity contribution < 1.29 is 18.8 Å². The summed E-state index contributed by atoms with van der Waals surface area (Å²) in [6.07, 6.45) is 2.36. The van der Waals surface area contributed by atoms with Gasteiger partial charge in [-0.2, -0.15) is 0 Å². The summed E-state index contributed by atoms with van der Waals surface area (Å²) in [5.74, 6) is 1.06. The van der Waals surface area contributed by atoms with Crippen LogP contribution in [0.1, 0.15) is 41.1 Å². The van der Waals surface area contributed by atoms with Crippen LogP contribution in [-0.2, 0) is 22.7 Å². The molecule has 1 unspecified atom stereocenters. The SMILES string of the molecule is O=C(CCC1CCOC1)c1cc(COCc2ccccc2-c2ccccc2)on1. The number of hydrogen-bond acceptors (Lipinski definition) is 5. The number of nitrogens with zero attached hydrogens (tertiary/aromatic N) is 1. The lowest BCUT2D eigenvalue weighted by Gasteiger charge is -2.09. The Balaban J connectivity index is 1.30. The lowest BCUT2D eigenvalue weighted by Crippen LogP contribution is -2.05. The van der Waals surface area contributed by atoms with E-state index in [0.717, 1.165) is 42.7 Å². The Hall–Kier alpha value is -2.76. The van der Waals surface area contributed by atoms with Gasteiger partial charge in [0, 0.05) is 25.7 Å². The van der Waals surface area contributed by atoms with E-state index in [1.807, 2.05) is 30.3 Å². The Bertz CT molecular complexity index is 929. The summed E-state index contributed by atoms with van der Waals surface area (Å²) in [6.45, 7) is 2.30. The van der Waals surface area contributed by atoms with E-state index in [2.05, 4.69) is 29.4 Å². The molecular weight excluding hydrogens is 366 g/mol. The smallest absolute Gasteiger partial charge is 0.184 e. The molecule has 1 aliphatic heterocycles. The average Bonchev–Trinajstić information content (AvgIpc) is 3.45. The van der Waals surface area contributed by atoms with E-state index in [0.29, 0.717) is 30.4 Å². The first-order chi connectivity index (χ1) is 14.3. The Morgan fingerprint density at radius 3 is 2.72 bits per heavy atom. The molecule has 1 atom stereocenters. The van der Waals surface area contributed by atoms with E-state index in [4.69, 9.17) is 14.0 Å². The lowest BCUT2D eigenvalue weighted by molar-refractivity contribution is 0.0881. The van der Waals surface area contributed by atoms with E-state index >= 15 is 0 Å². The zero-order valence-corrected chi connectivity index (χ0v) is 16.4. The van der Waals surface area contributed by atoms with E-state index in [9.17, 15) is 4.79 Å². The minimum Gasteiger partial charge on any atom is -0.381 e. The molecule has 0 spiro atoms. The largest absolute Gasteiger partial charge is 0.381 e. The van der Waals surface area contributed by atoms with Gasteiger partial charge >= 0.3 is 0 Å². The Morgan fingerprint density at radius 2 is 1.90 bits per heavy atom. The minimum atomic E-state index is 0.0151. The predicted molar refractivity (Wildman–Crippen MR) is 109 cm³/mol. The lowest BCUT2D eigenvalue weighted by atomic mass is 10.00. The number of carbonyl (C=O) groups excluding carboxylic acids is 1. The average molecular weight is 391 g/mol. The second-order valence-electron chi connectivity index (χ2n) is 7.39. The fourth-order valence-electron chi connectivity index (χ4n) is 3.59. The standard InChI is InChI=1S/C24H25NO4/c26-24(11-10-18-12-13-27-15-18)23-14-21(29-25-23)17-28-16-20-8-4-5-9-22(20)19-6-2-1-3-7-19/h1-9,14,18H,10-13,15-17H2. The Labute approximate surface area is 170 Å². The number of rotatable bonds is 9. The summed E-state index contributed by atoms with van der Waals surface area (Å²) in [7, 11) is 0. The van der Waals surface area contributed by atoms with Gasteiger partial charge in [-0.15, -0.1) is 0 Å². The highest BCUT2D eigenvalue weighted by Crippen LogP contribution is 2.24. The topological polar surface area (TPSA) is 61.6 Å². The van der Waals surface area contributed by atoms with Crippen LogP contribution in [0.15, 0.2) is 65.2 Å². The molecule has 0 aliphatic carbocycles. The summed E-state index contributed by atoms with van der Waals surface area (Å²) < 4.78 is 16.5. The molecule has 2 heterocycles. The minimum absolute atomic E-state index is 0.0151. The predicted octanol–water partition coefficient (Wildman–Crippen LogP) is 5.06. The summed E-state index contributed by atoms with van der Waals surface area (Å²) >= 11 is 0. The van der Waals surface area contributed by atoms with Gasteiger partial charge < -0.3 is 14.0 Å². The van der Waals surface area contributed by atoms with Crippen LogP contribution < -0.4 is 0 Å². The van der Waals surface area contributed by atoms with Crippen LogP contribution >= 0.6 is 0 Å². The summed E-state index contributed by atoms with van der Waals surface area (Å²) in [6, 6.07) is 20.1. The Morgan fingerprint density at radius 1 is 1.07 bits per heavy atom. The number of ketones is 1. The summed E-state index contributed by atoms with van der Waals surface area (Å²) in [5, 5.41) is 3.92. The summed E-state index contributed by atoms with van der Waals surface area (Å²) in [4.78, 5) is 12.3. The van der Waals surface area contributed by atoms with Crippen molar-refractivity contribution in [2.75, 3.05) is 13.2 Å². The third-order valence-corrected chi connectivity index (χ3v) is 5.25. The number of Topliss-reactive ketones (excluding diaryl/α,β-unsaturated/α-hetero) is 1. The molecule has 5 heteroatoms. The maximum Gasteiger partial charge on any atom is 0.184 e. The fourth-order valence-corrected chi connectivity index (χ4v) is 3.59. The maximum absolute atomic E-state index is 12.3. The van der Waals surface area contributed by atoms with Crippen LogP contribution in [0.2, 0.25) is 0 Å². The number of aromatic nitrogens is 1. The molecule has 0 saturated carbocycles. The monoisotopic (exact) mass is 391 g/mol. The summed E-state index contributed by atoms with van der Waals surface area (Å²) in [5.41, 5.74) is 3.80. The van der Waals surface area contributed by atoms with Crippen LogP contribution in [0.4, 0.5) is 0 Å². The number of benzene rings is 2. The molecular formula is C24H25NO4. The Kier molecular flexibility index (Phi) is 6.49. The molecule has 1 aliphatic rings. The van der Waals surface area contributed by atoms with Gasteiger partial charge in [0.2, 0.25) is 0 Å². The van der Waals surface area contributed by atoms with Crippen molar-refractivity contribution in [3.05, 3.63) is 77.7 Å². The van der Waals surface area contributed by atoms with Crippen molar-refractivity contribution in [1.82, 2.24) is 5.16 Å². The number of hydrogen-bond donors (Lipinski definition) is 0. The van der Waals surface area contributed by atoms with Crippen molar-refractivity contribution in [3.63, 3.8) is 0 Å². The third kappa shape index (κ3) is 5.19. The van der Waals surface area contributed by atoms with Crippen molar-refractivity contribution in [2.24, 2.45) is 5.92 Å². The molecule has 0 amide bonds. The van der Waals surface area contributed by atoms with Crippen LogP contribution in [0.3, 0.4) is 0 Å². The van der Waals surface area contributed by atoms with Gasteiger partial charge in [0.05, 0.1) is 6.61 Å². The first-order valence-electron chi connectivity index (χ1n) is 10.1. The molecule has 3 aromatic rings. The number of ether oxygens (including phenoxy) is 2. The molecule has 5 nitrogen and oxygen atoms in total. The van der Waals surface area contributed by atoms with Crippen LogP contribution in [0.25, 0.3) is 11.1 Å². The molecule has 0 N–H and O–H groups in total. The van der Waals surface area contributed by atoms with Crippen molar-refractivity contribution in [2.45, 2.75) is 32.5 Å². The maximum atomic E-state index is 12.3. The third-order valence-electron chi connectivity index (χ3n) is 5.25. The second kappa shape index (κ2) is 9.63. The zero-order chi connectivity index (χ0) is 19.9. The van der Waals surface area contributed by atoms with Gasteiger partial charge in [0.1, 0.15) is 12.3 Å². The molecule has 0 bridgehead atoms. The molecule has 1 aromatic heterocycles. The zero-order valence-electron chi connectivity index (χ0n) is 16.4. The highest BCUT2D eigenvalue weighted by Gasteiger charge is 2.19. The van der Waals surface area contributed by atoms with E-state index in [1.54, 1.807) is 6.07 Å². The van der Waals surface area contributed by atoms with Gasteiger partial charge in [-0.3, -0.25) is 4.79 Å². The molecule has 150 valence electrons. The van der Waals surface area contributed by atoms with E-state index < -0.39 is 0 Å². The molecule has 1 saturated heterocycles. The van der Waals surface area contributed by atoms with Gasteiger partial charge in [-0.25, -0.2) is 0 Å². The van der Waals surface area contributed by atoms with Crippen LogP contribution in [0, 0.1) is 5.92 Å². The first-order valence-corrected chi connectivity index (χ1v) is 10.1. The molecule has 1 fully saturated rings. The second-order valence-corrected chi connectivity index (χ2v) is 7.39. The molecule has 4 rings (SSSR count). The van der Waals surface area contributed by atoms with Crippen LogP contribution in [-0.4, -0.2) is 24.2 Å². The van der Waals surface area contributed by atoms with Gasteiger partial charge in [0.25, 0.3) is 0 Å². The van der Waals surface area contributed by atoms with Gasteiger partial charge in [-0.1, -0.05) is 59.8 Å².